The maximum absolute atomic E-state index is 12.0. The molecule has 0 spiro atoms. The lowest BCUT2D eigenvalue weighted by Crippen LogP contribution is -2.44. The van der Waals surface area contributed by atoms with Gasteiger partial charge in [0.25, 0.3) is 0 Å². The maximum atomic E-state index is 12.0. The first kappa shape index (κ1) is 16.5. The van der Waals surface area contributed by atoms with Crippen molar-refractivity contribution < 1.29 is 9.59 Å². The van der Waals surface area contributed by atoms with Gasteiger partial charge in [-0.2, -0.15) is 0 Å². The van der Waals surface area contributed by atoms with E-state index in [9.17, 15) is 9.59 Å². The second-order valence-corrected chi connectivity index (χ2v) is 6.44. The van der Waals surface area contributed by atoms with Gasteiger partial charge >= 0.3 is 0 Å². The molecule has 1 unspecified atom stereocenters. The molecule has 0 radical (unpaired) electrons. The van der Waals surface area contributed by atoms with Gasteiger partial charge in [0.05, 0.1) is 11.6 Å². The topological polar surface area (TPSA) is 85.3 Å². The average Bonchev–Trinajstić information content (AvgIpc) is 2.61. The van der Waals surface area contributed by atoms with Crippen molar-refractivity contribution in [1.29, 1.82) is 5.41 Å². The lowest BCUT2D eigenvalue weighted by atomic mass is 9.88. The van der Waals surface area contributed by atoms with E-state index >= 15 is 0 Å². The summed E-state index contributed by atoms with van der Waals surface area (Å²) in [4.78, 5) is 25.7. The van der Waals surface area contributed by atoms with Gasteiger partial charge in [-0.15, -0.1) is 0 Å². The van der Waals surface area contributed by atoms with Gasteiger partial charge in [0.15, 0.2) is 0 Å². The van der Waals surface area contributed by atoms with E-state index in [1.54, 1.807) is 0 Å². The number of nitrogens with one attached hydrogen (secondary N) is 3. The summed E-state index contributed by atoms with van der Waals surface area (Å²) >= 11 is 0. The van der Waals surface area contributed by atoms with Gasteiger partial charge < -0.3 is 15.6 Å². The number of nitrogens with zero attached hydrogens (tertiary/aromatic N) is 1. The van der Waals surface area contributed by atoms with E-state index in [0.29, 0.717) is 12.8 Å². The largest absolute Gasteiger partial charge is 0.388 e. The number of benzene rings is 1. The zero-order chi connectivity index (χ0) is 17.1. The van der Waals surface area contributed by atoms with Gasteiger partial charge in [-0.05, 0) is 43.9 Å². The molecule has 128 valence electrons. The number of imide groups is 1. The summed E-state index contributed by atoms with van der Waals surface area (Å²) in [5.41, 5.74) is 3.01. The van der Waals surface area contributed by atoms with Crippen LogP contribution in [0.2, 0.25) is 0 Å². The molecule has 0 aliphatic carbocycles. The standard InChI is InChI=1S/C18H24N4O2/c1-20-15-11-12(22-9-3-2-4-10-22)5-6-13(15)17(19)14-7-8-16(23)21-18(14)24/h5-6,11,14,19-20H,2-4,7-10H2,1H3,(H,21,23,24). The molecule has 1 aromatic carbocycles. The average molecular weight is 328 g/mol. The van der Waals surface area contributed by atoms with E-state index in [-0.39, 0.29) is 17.5 Å². The lowest BCUT2D eigenvalue weighted by Gasteiger charge is -2.30. The Morgan fingerprint density at radius 2 is 2.00 bits per heavy atom. The van der Waals surface area contributed by atoms with Crippen LogP contribution in [0.5, 0.6) is 0 Å². The third kappa shape index (κ3) is 3.27. The molecule has 0 bridgehead atoms. The zero-order valence-corrected chi connectivity index (χ0v) is 14.0. The zero-order valence-electron chi connectivity index (χ0n) is 14.0. The minimum Gasteiger partial charge on any atom is -0.388 e. The van der Waals surface area contributed by atoms with Crippen molar-refractivity contribution >= 4 is 28.9 Å². The predicted molar refractivity (Wildman–Crippen MR) is 94.8 cm³/mol. The molecule has 0 aromatic heterocycles. The first-order chi connectivity index (χ1) is 11.6. The first-order valence-electron chi connectivity index (χ1n) is 8.59. The normalized spacial score (nSPS) is 21.4. The summed E-state index contributed by atoms with van der Waals surface area (Å²) in [5, 5.41) is 13.9. The van der Waals surface area contributed by atoms with Crippen LogP contribution in [-0.2, 0) is 9.59 Å². The summed E-state index contributed by atoms with van der Waals surface area (Å²) in [6.07, 6.45) is 4.40. The van der Waals surface area contributed by atoms with E-state index in [1.807, 2.05) is 19.2 Å². The van der Waals surface area contributed by atoms with Crippen molar-refractivity contribution in [2.45, 2.75) is 32.1 Å². The van der Waals surface area contributed by atoms with E-state index in [4.69, 9.17) is 5.41 Å². The highest BCUT2D eigenvalue weighted by Crippen LogP contribution is 2.29. The van der Waals surface area contributed by atoms with Crippen LogP contribution in [0.1, 0.15) is 37.7 Å². The fraction of sp³-hybridized carbons (Fsp3) is 0.500. The molecule has 2 amide bonds. The predicted octanol–water partition coefficient (Wildman–Crippen LogP) is 2.14. The lowest BCUT2D eigenvalue weighted by molar-refractivity contribution is -0.134. The second kappa shape index (κ2) is 7.03. The van der Waals surface area contributed by atoms with Crippen molar-refractivity contribution in [3.63, 3.8) is 0 Å². The van der Waals surface area contributed by atoms with Gasteiger partial charge in [0.2, 0.25) is 11.8 Å². The summed E-state index contributed by atoms with van der Waals surface area (Å²) in [6, 6.07) is 6.00. The van der Waals surface area contributed by atoms with Crippen LogP contribution in [-0.4, -0.2) is 37.7 Å². The Balaban J connectivity index is 1.83. The van der Waals surface area contributed by atoms with E-state index in [1.165, 1.54) is 19.3 Å². The number of anilines is 2. The maximum Gasteiger partial charge on any atom is 0.235 e. The number of amides is 2. The molecule has 2 aliphatic rings. The minimum absolute atomic E-state index is 0.252. The Kier molecular flexibility index (Phi) is 4.83. The number of carbonyl (C=O) groups excluding carboxylic acids is 2. The summed E-state index contributed by atoms with van der Waals surface area (Å²) < 4.78 is 0. The van der Waals surface area contributed by atoms with Crippen molar-refractivity contribution in [2.75, 3.05) is 30.4 Å². The number of hydrogen-bond donors (Lipinski definition) is 3. The summed E-state index contributed by atoms with van der Waals surface area (Å²) in [5.74, 6) is -1.17. The molecular weight excluding hydrogens is 304 g/mol. The molecule has 2 saturated heterocycles. The number of carbonyl (C=O) groups is 2. The molecular formula is C18H24N4O2. The molecule has 6 nitrogen and oxygen atoms in total. The highest BCUT2D eigenvalue weighted by Gasteiger charge is 2.31. The van der Waals surface area contributed by atoms with Gasteiger partial charge in [-0.1, -0.05) is 0 Å². The van der Waals surface area contributed by atoms with Crippen LogP contribution in [0.25, 0.3) is 0 Å². The Morgan fingerprint density at radius 3 is 2.67 bits per heavy atom. The van der Waals surface area contributed by atoms with Crippen LogP contribution in [0, 0.1) is 11.3 Å². The van der Waals surface area contributed by atoms with Gasteiger partial charge in [-0.3, -0.25) is 14.9 Å². The fourth-order valence-corrected chi connectivity index (χ4v) is 3.48. The van der Waals surface area contributed by atoms with E-state index in [0.717, 1.165) is 30.0 Å². The smallest absolute Gasteiger partial charge is 0.235 e. The van der Waals surface area contributed by atoms with Gasteiger partial charge in [0, 0.05) is 43.5 Å². The number of hydrogen-bond acceptors (Lipinski definition) is 5. The third-order valence-electron chi connectivity index (χ3n) is 4.87. The van der Waals surface area contributed by atoms with Crippen molar-refractivity contribution in [1.82, 2.24) is 5.32 Å². The molecule has 2 fully saturated rings. The second-order valence-electron chi connectivity index (χ2n) is 6.44. The molecule has 0 saturated carbocycles. The van der Waals surface area contributed by atoms with Crippen LogP contribution < -0.4 is 15.5 Å². The summed E-state index contributed by atoms with van der Waals surface area (Å²) in [6.45, 7) is 2.13. The fourth-order valence-electron chi connectivity index (χ4n) is 3.48. The number of piperidine rings is 2. The van der Waals surface area contributed by atoms with Crippen LogP contribution in [0.15, 0.2) is 18.2 Å². The molecule has 24 heavy (non-hydrogen) atoms. The molecule has 3 rings (SSSR count). The Morgan fingerprint density at radius 1 is 1.25 bits per heavy atom. The molecule has 2 aliphatic heterocycles. The third-order valence-corrected chi connectivity index (χ3v) is 4.87. The number of rotatable bonds is 4. The summed E-state index contributed by atoms with van der Waals surface area (Å²) in [7, 11) is 1.83. The highest BCUT2D eigenvalue weighted by molar-refractivity contribution is 6.17. The Labute approximate surface area is 142 Å². The van der Waals surface area contributed by atoms with Crippen LogP contribution >= 0.6 is 0 Å². The molecule has 3 N–H and O–H groups in total. The van der Waals surface area contributed by atoms with Crippen LogP contribution in [0.3, 0.4) is 0 Å². The molecule has 1 atom stereocenters. The molecule has 1 aromatic rings. The molecule has 6 heteroatoms. The van der Waals surface area contributed by atoms with Crippen molar-refractivity contribution in [3.8, 4) is 0 Å². The Hall–Kier alpha value is -2.37. The van der Waals surface area contributed by atoms with Gasteiger partial charge in [-0.25, -0.2) is 0 Å². The molecule has 2 heterocycles. The van der Waals surface area contributed by atoms with E-state index < -0.39 is 5.92 Å². The SMILES string of the molecule is CNc1cc(N2CCCCC2)ccc1C(=N)C1CCC(=O)NC1=O. The van der Waals surface area contributed by atoms with Crippen molar-refractivity contribution in [3.05, 3.63) is 23.8 Å². The van der Waals surface area contributed by atoms with Crippen molar-refractivity contribution in [2.24, 2.45) is 5.92 Å². The first-order valence-corrected chi connectivity index (χ1v) is 8.59. The Bertz CT molecular complexity index is 665. The monoisotopic (exact) mass is 328 g/mol. The highest BCUT2D eigenvalue weighted by atomic mass is 16.2. The quantitative estimate of drug-likeness (QED) is 0.584. The minimum atomic E-state index is -0.560. The van der Waals surface area contributed by atoms with Crippen LogP contribution in [0.4, 0.5) is 11.4 Å². The van der Waals surface area contributed by atoms with Gasteiger partial charge in [0.1, 0.15) is 0 Å². The van der Waals surface area contributed by atoms with E-state index in [2.05, 4.69) is 21.6 Å².